The fourth-order valence-corrected chi connectivity index (χ4v) is 4.29. The standard InChI is InChI=1S/C21H41NO3/c1-2-3-6-9-18-11-13-19(14-12-18)20(21(24)25)10-7-4-5-8-15-22-16-17-23/h18-20,22-23H,2-17H2,1H3,(H,24,25). The van der Waals surface area contributed by atoms with Crippen LogP contribution in [0.25, 0.3) is 0 Å². The van der Waals surface area contributed by atoms with Crippen LogP contribution >= 0.6 is 0 Å². The molecule has 0 bridgehead atoms. The van der Waals surface area contributed by atoms with Crippen molar-refractivity contribution >= 4 is 5.97 Å². The number of aliphatic hydroxyl groups excluding tert-OH is 1. The number of carboxylic acid groups (broad SMARTS) is 1. The molecule has 0 radical (unpaired) electrons. The van der Waals surface area contributed by atoms with E-state index in [-0.39, 0.29) is 12.5 Å². The SMILES string of the molecule is CCCCCC1CCC(C(CCCCCCNCCO)C(=O)O)CC1. The van der Waals surface area contributed by atoms with Crippen LogP contribution in [0.15, 0.2) is 0 Å². The maximum Gasteiger partial charge on any atom is 0.306 e. The molecule has 0 heterocycles. The van der Waals surface area contributed by atoms with Gasteiger partial charge in [-0.15, -0.1) is 0 Å². The molecule has 0 amide bonds. The minimum absolute atomic E-state index is 0.121. The molecule has 148 valence electrons. The second kappa shape index (κ2) is 14.5. The highest BCUT2D eigenvalue weighted by molar-refractivity contribution is 5.70. The van der Waals surface area contributed by atoms with Gasteiger partial charge in [0.1, 0.15) is 0 Å². The highest BCUT2D eigenvalue weighted by Crippen LogP contribution is 2.37. The summed E-state index contributed by atoms with van der Waals surface area (Å²) in [5.41, 5.74) is 0. The van der Waals surface area contributed by atoms with Crippen LogP contribution in [-0.4, -0.2) is 35.9 Å². The maximum absolute atomic E-state index is 11.7. The smallest absolute Gasteiger partial charge is 0.306 e. The van der Waals surface area contributed by atoms with E-state index in [0.717, 1.165) is 57.4 Å². The molecule has 0 aromatic heterocycles. The Morgan fingerprint density at radius 1 is 1.00 bits per heavy atom. The number of hydrogen-bond donors (Lipinski definition) is 3. The second-order valence-corrected chi connectivity index (χ2v) is 7.90. The molecule has 4 heteroatoms. The van der Waals surface area contributed by atoms with Gasteiger partial charge in [0.25, 0.3) is 0 Å². The van der Waals surface area contributed by atoms with Crippen molar-refractivity contribution in [2.24, 2.45) is 17.8 Å². The van der Waals surface area contributed by atoms with Crippen molar-refractivity contribution in [2.75, 3.05) is 19.7 Å². The lowest BCUT2D eigenvalue weighted by molar-refractivity contribution is -0.144. The highest BCUT2D eigenvalue weighted by Gasteiger charge is 2.31. The molecule has 1 rings (SSSR count). The van der Waals surface area contributed by atoms with Crippen molar-refractivity contribution in [1.82, 2.24) is 5.32 Å². The van der Waals surface area contributed by atoms with Gasteiger partial charge in [0, 0.05) is 6.54 Å². The number of aliphatic carboxylic acids is 1. The fourth-order valence-electron chi connectivity index (χ4n) is 4.29. The summed E-state index contributed by atoms with van der Waals surface area (Å²) in [6, 6.07) is 0. The van der Waals surface area contributed by atoms with Crippen LogP contribution in [0.3, 0.4) is 0 Å². The van der Waals surface area contributed by atoms with Crippen molar-refractivity contribution in [3.05, 3.63) is 0 Å². The van der Waals surface area contributed by atoms with Gasteiger partial charge in [-0.3, -0.25) is 4.79 Å². The summed E-state index contributed by atoms with van der Waals surface area (Å²) < 4.78 is 0. The number of carbonyl (C=O) groups is 1. The Hall–Kier alpha value is -0.610. The highest BCUT2D eigenvalue weighted by atomic mass is 16.4. The lowest BCUT2D eigenvalue weighted by atomic mass is 9.73. The molecule has 1 fully saturated rings. The van der Waals surface area contributed by atoms with Gasteiger partial charge in [-0.1, -0.05) is 64.7 Å². The van der Waals surface area contributed by atoms with Crippen LogP contribution in [0.1, 0.15) is 90.4 Å². The van der Waals surface area contributed by atoms with E-state index in [1.807, 2.05) is 0 Å². The second-order valence-electron chi connectivity index (χ2n) is 7.90. The minimum Gasteiger partial charge on any atom is -0.481 e. The van der Waals surface area contributed by atoms with Gasteiger partial charge in [0.05, 0.1) is 12.5 Å². The van der Waals surface area contributed by atoms with E-state index in [4.69, 9.17) is 5.11 Å². The molecule has 3 N–H and O–H groups in total. The monoisotopic (exact) mass is 355 g/mol. The number of unbranched alkanes of at least 4 members (excludes halogenated alkanes) is 5. The van der Waals surface area contributed by atoms with Gasteiger partial charge < -0.3 is 15.5 Å². The number of aliphatic hydroxyl groups is 1. The van der Waals surface area contributed by atoms with Crippen molar-refractivity contribution < 1.29 is 15.0 Å². The number of nitrogens with one attached hydrogen (secondary N) is 1. The summed E-state index contributed by atoms with van der Waals surface area (Å²) in [5.74, 6) is 0.568. The average Bonchev–Trinajstić information content (AvgIpc) is 2.61. The van der Waals surface area contributed by atoms with Crippen molar-refractivity contribution in [1.29, 1.82) is 0 Å². The van der Waals surface area contributed by atoms with Crippen molar-refractivity contribution in [3.63, 3.8) is 0 Å². The van der Waals surface area contributed by atoms with Gasteiger partial charge >= 0.3 is 5.97 Å². The average molecular weight is 356 g/mol. The minimum atomic E-state index is -0.570. The third-order valence-electron chi connectivity index (χ3n) is 5.90. The van der Waals surface area contributed by atoms with Crippen molar-refractivity contribution in [3.8, 4) is 0 Å². The van der Waals surface area contributed by atoms with E-state index in [1.54, 1.807) is 0 Å². The Balaban J connectivity index is 2.16. The van der Waals surface area contributed by atoms with Crippen LogP contribution in [0.4, 0.5) is 0 Å². The van der Waals surface area contributed by atoms with Gasteiger partial charge in [-0.05, 0) is 44.1 Å². The van der Waals surface area contributed by atoms with E-state index in [2.05, 4.69) is 12.2 Å². The molecule has 1 aliphatic rings. The molecule has 1 unspecified atom stereocenters. The van der Waals surface area contributed by atoms with Crippen LogP contribution in [0.5, 0.6) is 0 Å². The van der Waals surface area contributed by atoms with Crippen LogP contribution in [0, 0.1) is 17.8 Å². The first-order valence-corrected chi connectivity index (χ1v) is 10.7. The topological polar surface area (TPSA) is 69.6 Å². The number of hydrogen-bond acceptors (Lipinski definition) is 3. The molecular formula is C21H41NO3. The predicted molar refractivity (Wildman–Crippen MR) is 104 cm³/mol. The third-order valence-corrected chi connectivity index (χ3v) is 5.90. The van der Waals surface area contributed by atoms with Gasteiger partial charge in [-0.25, -0.2) is 0 Å². The predicted octanol–water partition coefficient (Wildman–Crippen LogP) is 4.61. The zero-order valence-electron chi connectivity index (χ0n) is 16.3. The Morgan fingerprint density at radius 2 is 1.72 bits per heavy atom. The fraction of sp³-hybridized carbons (Fsp3) is 0.952. The molecule has 1 aliphatic carbocycles. The first-order valence-electron chi connectivity index (χ1n) is 10.7. The first-order chi connectivity index (χ1) is 12.2. The molecule has 0 saturated heterocycles. The van der Waals surface area contributed by atoms with E-state index < -0.39 is 5.97 Å². The number of rotatable bonds is 15. The normalized spacial score (nSPS) is 22.0. The summed E-state index contributed by atoms with van der Waals surface area (Å²) in [5, 5.41) is 21.5. The van der Waals surface area contributed by atoms with Gasteiger partial charge in [-0.2, -0.15) is 0 Å². The molecule has 0 aliphatic heterocycles. The molecule has 0 aromatic rings. The zero-order chi connectivity index (χ0) is 18.3. The van der Waals surface area contributed by atoms with Crippen LogP contribution < -0.4 is 5.32 Å². The third kappa shape index (κ3) is 10.2. The maximum atomic E-state index is 11.7. The molecule has 4 nitrogen and oxygen atoms in total. The number of carboxylic acids is 1. The zero-order valence-corrected chi connectivity index (χ0v) is 16.3. The summed E-state index contributed by atoms with van der Waals surface area (Å²) in [6.07, 6.45) is 15.3. The van der Waals surface area contributed by atoms with Crippen LogP contribution in [-0.2, 0) is 4.79 Å². The Bertz CT molecular complexity index is 327. The molecule has 0 aromatic carbocycles. The van der Waals surface area contributed by atoms with Gasteiger partial charge in [0.15, 0.2) is 0 Å². The van der Waals surface area contributed by atoms with E-state index in [0.29, 0.717) is 12.5 Å². The van der Waals surface area contributed by atoms with E-state index in [1.165, 1.54) is 38.5 Å². The molecule has 25 heavy (non-hydrogen) atoms. The van der Waals surface area contributed by atoms with Gasteiger partial charge in [0.2, 0.25) is 0 Å². The Kier molecular flexibility index (Phi) is 13.1. The molecular weight excluding hydrogens is 314 g/mol. The molecule has 1 atom stereocenters. The summed E-state index contributed by atoms with van der Waals surface area (Å²) in [7, 11) is 0. The Morgan fingerprint density at radius 3 is 2.36 bits per heavy atom. The lowest BCUT2D eigenvalue weighted by Gasteiger charge is -2.32. The van der Waals surface area contributed by atoms with Crippen molar-refractivity contribution in [2.45, 2.75) is 90.4 Å². The van der Waals surface area contributed by atoms with E-state index >= 15 is 0 Å². The summed E-state index contributed by atoms with van der Waals surface area (Å²) >= 11 is 0. The summed E-state index contributed by atoms with van der Waals surface area (Å²) in [4.78, 5) is 11.7. The van der Waals surface area contributed by atoms with E-state index in [9.17, 15) is 9.90 Å². The molecule has 1 saturated carbocycles. The molecule has 0 spiro atoms. The van der Waals surface area contributed by atoms with Crippen LogP contribution in [0.2, 0.25) is 0 Å². The Labute approximate surface area is 154 Å². The summed E-state index contributed by atoms with van der Waals surface area (Å²) in [6.45, 7) is 4.06. The lowest BCUT2D eigenvalue weighted by Crippen LogP contribution is -2.27. The first kappa shape index (κ1) is 22.4. The largest absolute Gasteiger partial charge is 0.481 e. The quantitative estimate of drug-likeness (QED) is 0.375.